The molecule has 5 aromatic rings. The Morgan fingerprint density at radius 1 is 0.952 bits per heavy atom. The van der Waals surface area contributed by atoms with E-state index in [1.165, 1.54) is 23.1 Å². The first-order valence-electron chi connectivity index (χ1n) is 13.2. The lowest BCUT2D eigenvalue weighted by atomic mass is 10.2. The predicted octanol–water partition coefficient (Wildman–Crippen LogP) is 6.96. The summed E-state index contributed by atoms with van der Waals surface area (Å²) in [6.45, 7) is 2.80. The monoisotopic (exact) mass is 636 g/mol. The molecule has 1 aliphatic heterocycles. The fourth-order valence-corrected chi connectivity index (χ4v) is 6.90. The van der Waals surface area contributed by atoms with Gasteiger partial charge in [0.05, 0.1) is 23.6 Å². The number of halogens is 2. The largest absolute Gasteiger partial charge is 0.497 e. The van der Waals surface area contributed by atoms with Crippen molar-refractivity contribution >= 4 is 57.9 Å². The van der Waals surface area contributed by atoms with E-state index in [4.69, 9.17) is 27.9 Å². The lowest BCUT2D eigenvalue weighted by Crippen LogP contribution is -2.48. The van der Waals surface area contributed by atoms with Crippen LogP contribution >= 0.6 is 46.3 Å². The molecule has 0 bridgehead atoms. The molecule has 8 nitrogen and oxygen atoms in total. The molecule has 214 valence electrons. The molecule has 12 heteroatoms. The third-order valence-corrected chi connectivity index (χ3v) is 9.45. The van der Waals surface area contributed by atoms with E-state index in [2.05, 4.69) is 20.1 Å². The third kappa shape index (κ3) is 6.12. The maximum Gasteiger partial charge on any atom is 0.273 e. The first-order chi connectivity index (χ1) is 20.5. The summed E-state index contributed by atoms with van der Waals surface area (Å²) in [5, 5.41) is 13.5. The molecule has 0 unspecified atom stereocenters. The van der Waals surface area contributed by atoms with E-state index in [1.54, 1.807) is 7.11 Å². The average Bonchev–Trinajstić information content (AvgIpc) is 3.67. The highest BCUT2D eigenvalue weighted by Crippen LogP contribution is 2.34. The van der Waals surface area contributed by atoms with Gasteiger partial charge in [-0.2, -0.15) is 0 Å². The molecule has 3 heterocycles. The van der Waals surface area contributed by atoms with Crippen LogP contribution in [0.3, 0.4) is 0 Å². The quantitative estimate of drug-likeness (QED) is 0.170. The van der Waals surface area contributed by atoms with E-state index in [9.17, 15) is 4.79 Å². The maximum absolute atomic E-state index is 13.3. The van der Waals surface area contributed by atoms with E-state index >= 15 is 0 Å². The summed E-state index contributed by atoms with van der Waals surface area (Å²) in [7, 11) is 1.66. The van der Waals surface area contributed by atoms with Crippen molar-refractivity contribution in [3.63, 3.8) is 0 Å². The molecular formula is C30H26Cl2N6O2S2. The van der Waals surface area contributed by atoms with Crippen molar-refractivity contribution in [3.05, 3.63) is 98.9 Å². The Hall–Kier alpha value is -3.57. The van der Waals surface area contributed by atoms with Crippen LogP contribution in [0.4, 0.5) is 5.69 Å². The van der Waals surface area contributed by atoms with Gasteiger partial charge in [0.15, 0.2) is 11.0 Å². The standard InChI is InChI=1S/C30H26Cl2N6O2S2/c1-40-23-11-9-21(10-12-23)36-13-15-37(16-14-36)29(39)26-18-41-27(33-26)19-42-30-35-34-28(24-7-2-3-8-25(24)32)38(30)22-6-4-5-20(31)17-22/h2-12,17-18H,13-16,19H2,1H3. The van der Waals surface area contributed by atoms with Crippen LogP contribution in [0.15, 0.2) is 83.3 Å². The minimum Gasteiger partial charge on any atom is -0.497 e. The van der Waals surface area contributed by atoms with Gasteiger partial charge < -0.3 is 14.5 Å². The summed E-state index contributed by atoms with van der Waals surface area (Å²) in [5.74, 6) is 1.94. The third-order valence-electron chi connectivity index (χ3n) is 6.91. The van der Waals surface area contributed by atoms with Crippen LogP contribution in [0.25, 0.3) is 17.1 Å². The Kier molecular flexibility index (Phi) is 8.66. The van der Waals surface area contributed by atoms with Crippen LogP contribution in [0, 0.1) is 0 Å². The number of hydrogen-bond acceptors (Lipinski definition) is 8. The van der Waals surface area contributed by atoms with Crippen molar-refractivity contribution in [2.45, 2.75) is 10.9 Å². The number of benzene rings is 3. The Bertz CT molecular complexity index is 1700. The van der Waals surface area contributed by atoms with Gasteiger partial charge in [-0.3, -0.25) is 9.36 Å². The number of nitrogens with zero attached hydrogens (tertiary/aromatic N) is 6. The van der Waals surface area contributed by atoms with Gasteiger partial charge in [0.2, 0.25) is 0 Å². The molecule has 1 saturated heterocycles. The first kappa shape index (κ1) is 28.5. The summed E-state index contributed by atoms with van der Waals surface area (Å²) in [5.41, 5.74) is 3.20. The number of rotatable bonds is 8. The minimum absolute atomic E-state index is 0.0417. The first-order valence-corrected chi connectivity index (χ1v) is 15.8. The van der Waals surface area contributed by atoms with Gasteiger partial charge in [-0.25, -0.2) is 4.98 Å². The molecule has 42 heavy (non-hydrogen) atoms. The molecule has 3 aromatic carbocycles. The predicted molar refractivity (Wildman–Crippen MR) is 170 cm³/mol. The number of carbonyl (C=O) groups excluding carboxylic acids is 1. The number of amides is 1. The summed E-state index contributed by atoms with van der Waals surface area (Å²) in [4.78, 5) is 22.1. The Morgan fingerprint density at radius 2 is 1.74 bits per heavy atom. The van der Waals surface area contributed by atoms with Crippen molar-refractivity contribution in [2.24, 2.45) is 0 Å². The van der Waals surface area contributed by atoms with Gasteiger partial charge in [-0.1, -0.05) is 53.2 Å². The average molecular weight is 638 g/mol. The number of piperazine rings is 1. The number of ether oxygens (including phenoxy) is 1. The van der Waals surface area contributed by atoms with Gasteiger partial charge in [0.25, 0.3) is 5.91 Å². The van der Waals surface area contributed by atoms with Gasteiger partial charge in [-0.15, -0.1) is 21.5 Å². The van der Waals surface area contributed by atoms with E-state index < -0.39 is 0 Å². The smallest absolute Gasteiger partial charge is 0.273 e. The summed E-state index contributed by atoms with van der Waals surface area (Å²) in [6.07, 6.45) is 0. The molecule has 0 aliphatic carbocycles. The molecule has 1 amide bonds. The number of anilines is 1. The van der Waals surface area contributed by atoms with Gasteiger partial charge in [0, 0.05) is 47.8 Å². The highest BCUT2D eigenvalue weighted by atomic mass is 35.5. The lowest BCUT2D eigenvalue weighted by molar-refractivity contribution is 0.0741. The Labute approximate surface area is 261 Å². The van der Waals surface area contributed by atoms with E-state index in [1.807, 2.05) is 87.6 Å². The Balaban J connectivity index is 1.14. The van der Waals surface area contributed by atoms with E-state index in [0.29, 0.717) is 45.6 Å². The van der Waals surface area contributed by atoms with Crippen LogP contribution in [0.2, 0.25) is 10.0 Å². The van der Waals surface area contributed by atoms with Crippen LogP contribution in [-0.4, -0.2) is 63.8 Å². The second-order valence-electron chi connectivity index (χ2n) is 9.49. The number of carbonyl (C=O) groups is 1. The van der Waals surface area contributed by atoms with E-state index in [0.717, 1.165) is 40.8 Å². The zero-order chi connectivity index (χ0) is 29.1. The molecule has 0 atom stereocenters. The minimum atomic E-state index is -0.0417. The van der Waals surface area contributed by atoms with Crippen LogP contribution < -0.4 is 9.64 Å². The van der Waals surface area contributed by atoms with Crippen LogP contribution in [-0.2, 0) is 5.75 Å². The van der Waals surface area contributed by atoms with Crippen molar-refractivity contribution in [1.82, 2.24) is 24.6 Å². The molecule has 0 spiro atoms. The second-order valence-corrected chi connectivity index (χ2v) is 12.2. The van der Waals surface area contributed by atoms with E-state index in [-0.39, 0.29) is 5.91 Å². The SMILES string of the molecule is COc1ccc(N2CCN(C(=O)c3csc(CSc4nnc(-c5ccccc5Cl)n4-c4cccc(Cl)c4)n3)CC2)cc1. The zero-order valence-corrected chi connectivity index (χ0v) is 25.8. The van der Waals surface area contributed by atoms with Crippen molar-refractivity contribution in [1.29, 1.82) is 0 Å². The number of hydrogen-bond donors (Lipinski definition) is 0. The number of thioether (sulfide) groups is 1. The second kappa shape index (κ2) is 12.7. The van der Waals surface area contributed by atoms with Gasteiger partial charge in [-0.05, 0) is 54.6 Å². The highest BCUT2D eigenvalue weighted by Gasteiger charge is 2.25. The fourth-order valence-electron chi connectivity index (χ4n) is 4.75. The van der Waals surface area contributed by atoms with Gasteiger partial charge >= 0.3 is 0 Å². The topological polar surface area (TPSA) is 76.4 Å². The highest BCUT2D eigenvalue weighted by molar-refractivity contribution is 7.98. The number of aromatic nitrogens is 4. The number of thiazole rings is 1. The molecular weight excluding hydrogens is 611 g/mol. The lowest BCUT2D eigenvalue weighted by Gasteiger charge is -2.35. The molecule has 1 fully saturated rings. The zero-order valence-electron chi connectivity index (χ0n) is 22.6. The molecule has 0 radical (unpaired) electrons. The van der Waals surface area contributed by atoms with Crippen molar-refractivity contribution < 1.29 is 9.53 Å². The summed E-state index contributed by atoms with van der Waals surface area (Å²) < 4.78 is 7.20. The molecule has 6 rings (SSSR count). The Morgan fingerprint density at radius 3 is 2.48 bits per heavy atom. The van der Waals surface area contributed by atoms with Gasteiger partial charge in [0.1, 0.15) is 16.5 Å². The molecule has 2 aromatic heterocycles. The molecule has 0 N–H and O–H groups in total. The number of methoxy groups -OCH3 is 1. The van der Waals surface area contributed by atoms with Crippen molar-refractivity contribution in [3.8, 4) is 22.8 Å². The van der Waals surface area contributed by atoms with Crippen LogP contribution in [0.1, 0.15) is 15.5 Å². The van der Waals surface area contributed by atoms with Crippen LogP contribution in [0.5, 0.6) is 5.75 Å². The molecule has 1 aliphatic rings. The fraction of sp³-hybridized carbons (Fsp3) is 0.200. The normalized spacial score (nSPS) is 13.4. The van der Waals surface area contributed by atoms with Crippen molar-refractivity contribution in [2.75, 3.05) is 38.2 Å². The summed E-state index contributed by atoms with van der Waals surface area (Å²) >= 11 is 15.8. The molecule has 0 saturated carbocycles. The maximum atomic E-state index is 13.3. The summed E-state index contributed by atoms with van der Waals surface area (Å²) in [6, 6.07) is 23.1.